The van der Waals surface area contributed by atoms with Crippen molar-refractivity contribution in [1.82, 2.24) is 10.2 Å². The third kappa shape index (κ3) is 8.04. The van der Waals surface area contributed by atoms with E-state index in [2.05, 4.69) is 21.2 Å². The van der Waals surface area contributed by atoms with Gasteiger partial charge in [0.25, 0.3) is 0 Å². The van der Waals surface area contributed by atoms with E-state index in [1.54, 1.807) is 18.2 Å². The zero-order valence-electron chi connectivity index (χ0n) is 23.8. The molecule has 0 radical (unpaired) electrons. The molecule has 3 aromatic carbocycles. The summed E-state index contributed by atoms with van der Waals surface area (Å²) in [5.41, 5.74) is 1.97. The molecule has 0 aromatic heterocycles. The molecule has 0 aliphatic carbocycles. The summed E-state index contributed by atoms with van der Waals surface area (Å²) in [5.74, 6) is -0.0977. The third-order valence-corrected chi connectivity index (χ3v) is 9.26. The highest BCUT2D eigenvalue weighted by Crippen LogP contribution is 2.36. The summed E-state index contributed by atoms with van der Waals surface area (Å²) in [6.07, 6.45) is 1.98. The highest BCUT2D eigenvalue weighted by Gasteiger charge is 2.34. The number of nitrogens with zero attached hydrogens (tertiary/aromatic N) is 2. The van der Waals surface area contributed by atoms with E-state index in [-0.39, 0.29) is 37.1 Å². The molecular weight excluding hydrogens is 622 g/mol. The second-order valence-corrected chi connectivity index (χ2v) is 13.0. The van der Waals surface area contributed by atoms with Gasteiger partial charge >= 0.3 is 0 Å². The number of anilines is 1. The molecule has 0 bridgehead atoms. The Balaban J connectivity index is 1.72. The van der Waals surface area contributed by atoms with Crippen molar-refractivity contribution in [2.75, 3.05) is 29.9 Å². The number of hydrogen-bond donors (Lipinski definition) is 1. The molecule has 0 spiro atoms. The van der Waals surface area contributed by atoms with Gasteiger partial charge in [0.15, 0.2) is 11.5 Å². The van der Waals surface area contributed by atoms with E-state index in [1.807, 2.05) is 61.5 Å². The van der Waals surface area contributed by atoms with E-state index in [9.17, 15) is 18.0 Å². The maximum Gasteiger partial charge on any atom is 0.244 e. The number of benzene rings is 3. The van der Waals surface area contributed by atoms with Gasteiger partial charge in [0, 0.05) is 30.0 Å². The first-order valence-corrected chi connectivity index (χ1v) is 16.4. The largest absolute Gasteiger partial charge is 0.454 e. The number of halogens is 1. The van der Waals surface area contributed by atoms with Gasteiger partial charge in [0.05, 0.1) is 11.4 Å². The number of fused-ring (bicyclic) bond motifs is 1. The fourth-order valence-electron chi connectivity index (χ4n) is 4.61. The molecule has 11 heteroatoms. The Labute approximate surface area is 256 Å². The van der Waals surface area contributed by atoms with Crippen LogP contribution in [0.2, 0.25) is 0 Å². The summed E-state index contributed by atoms with van der Waals surface area (Å²) in [6, 6.07) is 20.9. The lowest BCUT2D eigenvalue weighted by Gasteiger charge is -2.33. The lowest BCUT2D eigenvalue weighted by atomic mass is 10.0. The number of carbonyl (C=O) groups excluding carboxylic acids is 2. The lowest BCUT2D eigenvalue weighted by Crippen LogP contribution is -2.53. The molecular formula is C31H36BrN3O6S. The van der Waals surface area contributed by atoms with Crippen molar-refractivity contribution < 1.29 is 27.5 Å². The monoisotopic (exact) mass is 657 g/mol. The van der Waals surface area contributed by atoms with E-state index < -0.39 is 28.5 Å². The average Bonchev–Trinajstić information content (AvgIpc) is 3.47. The van der Waals surface area contributed by atoms with Crippen LogP contribution in [-0.2, 0) is 32.6 Å². The van der Waals surface area contributed by atoms with Crippen molar-refractivity contribution in [2.24, 2.45) is 0 Å². The highest BCUT2D eigenvalue weighted by molar-refractivity contribution is 9.10. The Kier molecular flexibility index (Phi) is 10.9. The van der Waals surface area contributed by atoms with Crippen LogP contribution in [0.1, 0.15) is 37.8 Å². The van der Waals surface area contributed by atoms with Crippen LogP contribution in [-0.4, -0.2) is 56.8 Å². The molecule has 1 aliphatic rings. The first-order chi connectivity index (χ1) is 20.2. The normalized spacial score (nSPS) is 12.9. The molecule has 0 saturated carbocycles. The molecule has 224 valence electrons. The molecule has 1 N–H and O–H groups in total. The number of hydrogen-bond acceptors (Lipinski definition) is 6. The van der Waals surface area contributed by atoms with Crippen LogP contribution in [0, 0.1) is 0 Å². The summed E-state index contributed by atoms with van der Waals surface area (Å²) < 4.78 is 39.5. The Morgan fingerprint density at radius 2 is 1.67 bits per heavy atom. The summed E-state index contributed by atoms with van der Waals surface area (Å²) in [7, 11) is -3.88. The predicted octanol–water partition coefficient (Wildman–Crippen LogP) is 4.89. The Hall–Kier alpha value is -3.57. The quantitative estimate of drug-likeness (QED) is 0.248. The van der Waals surface area contributed by atoms with Crippen molar-refractivity contribution in [1.29, 1.82) is 0 Å². The second kappa shape index (κ2) is 14.6. The third-order valence-electron chi connectivity index (χ3n) is 6.99. The van der Waals surface area contributed by atoms with Gasteiger partial charge in [-0.2, -0.15) is 0 Å². The average molecular weight is 659 g/mol. The van der Waals surface area contributed by atoms with Crippen LogP contribution >= 0.6 is 15.9 Å². The fraction of sp³-hybridized carbons (Fsp3) is 0.355. The first-order valence-electron chi connectivity index (χ1n) is 14.0. The number of sulfonamides is 1. The Morgan fingerprint density at radius 3 is 2.36 bits per heavy atom. The number of rotatable bonds is 14. The molecule has 1 atom stereocenters. The maximum atomic E-state index is 14.2. The van der Waals surface area contributed by atoms with E-state index in [0.29, 0.717) is 18.0 Å². The second-order valence-electron chi connectivity index (χ2n) is 9.94. The predicted molar refractivity (Wildman–Crippen MR) is 166 cm³/mol. The summed E-state index contributed by atoms with van der Waals surface area (Å²) in [6.45, 7) is 3.71. The SMILES string of the molecule is CCCCNC(=O)[C@@H](Cc1ccccc1)N(Cc1ccc(Br)cc1)C(=O)CN(c1ccc2c(c1)OCO2)S(=O)(=O)CC. The molecule has 1 heterocycles. The van der Waals surface area contributed by atoms with Gasteiger partial charge in [-0.05, 0) is 48.7 Å². The molecule has 42 heavy (non-hydrogen) atoms. The van der Waals surface area contributed by atoms with Crippen molar-refractivity contribution >= 4 is 43.5 Å². The van der Waals surface area contributed by atoms with Gasteiger partial charge in [-0.1, -0.05) is 71.7 Å². The first kappa shape index (κ1) is 31.4. The van der Waals surface area contributed by atoms with Crippen molar-refractivity contribution in [2.45, 2.75) is 45.7 Å². The molecule has 0 fully saturated rings. The molecule has 3 aromatic rings. The van der Waals surface area contributed by atoms with Crippen molar-refractivity contribution in [3.63, 3.8) is 0 Å². The van der Waals surface area contributed by atoms with Gasteiger partial charge in [-0.25, -0.2) is 8.42 Å². The van der Waals surface area contributed by atoms with Crippen LogP contribution in [0.15, 0.2) is 77.3 Å². The van der Waals surface area contributed by atoms with Gasteiger partial charge in [0.1, 0.15) is 12.6 Å². The summed E-state index contributed by atoms with van der Waals surface area (Å²) >= 11 is 3.44. The lowest BCUT2D eigenvalue weighted by molar-refractivity contribution is -0.140. The maximum absolute atomic E-state index is 14.2. The summed E-state index contributed by atoms with van der Waals surface area (Å²) in [5, 5.41) is 2.99. The summed E-state index contributed by atoms with van der Waals surface area (Å²) in [4.78, 5) is 29.4. The number of carbonyl (C=O) groups is 2. The molecule has 0 saturated heterocycles. The molecule has 1 aliphatic heterocycles. The van der Waals surface area contributed by atoms with Gasteiger partial charge in [-0.15, -0.1) is 0 Å². The van der Waals surface area contributed by atoms with Gasteiger partial charge in [0.2, 0.25) is 28.6 Å². The van der Waals surface area contributed by atoms with Gasteiger partial charge < -0.3 is 19.7 Å². The van der Waals surface area contributed by atoms with Crippen LogP contribution in [0.5, 0.6) is 11.5 Å². The van der Waals surface area contributed by atoms with E-state index >= 15 is 0 Å². The standard InChI is InChI=1S/C31H36BrN3O6S/c1-3-5-17-33-31(37)27(18-23-9-7-6-8-10-23)34(20-24-11-13-25(32)14-12-24)30(36)21-35(42(38,39)4-2)26-15-16-28-29(19-26)41-22-40-28/h6-16,19,27H,3-5,17-18,20-22H2,1-2H3,(H,33,37)/t27-/m1/s1. The molecule has 4 rings (SSSR count). The van der Waals surface area contributed by atoms with Crippen LogP contribution < -0.4 is 19.1 Å². The highest BCUT2D eigenvalue weighted by atomic mass is 79.9. The minimum Gasteiger partial charge on any atom is -0.454 e. The number of unbranched alkanes of at least 4 members (excludes halogenated alkanes) is 1. The fourth-order valence-corrected chi connectivity index (χ4v) is 5.92. The minimum absolute atomic E-state index is 0.0352. The Morgan fingerprint density at radius 1 is 0.952 bits per heavy atom. The molecule has 9 nitrogen and oxygen atoms in total. The topological polar surface area (TPSA) is 105 Å². The Bertz CT molecular complexity index is 1470. The molecule has 0 unspecified atom stereocenters. The van der Waals surface area contributed by atoms with Crippen LogP contribution in [0.4, 0.5) is 5.69 Å². The van der Waals surface area contributed by atoms with Gasteiger partial charge in [-0.3, -0.25) is 13.9 Å². The number of amides is 2. The zero-order valence-corrected chi connectivity index (χ0v) is 26.2. The van der Waals surface area contributed by atoms with Crippen LogP contribution in [0.25, 0.3) is 0 Å². The van der Waals surface area contributed by atoms with Crippen LogP contribution in [0.3, 0.4) is 0 Å². The molecule has 2 amide bonds. The van der Waals surface area contributed by atoms with E-state index in [4.69, 9.17) is 9.47 Å². The van der Waals surface area contributed by atoms with E-state index in [1.165, 1.54) is 11.8 Å². The smallest absolute Gasteiger partial charge is 0.244 e. The number of nitrogens with one attached hydrogen (secondary N) is 1. The minimum atomic E-state index is -3.88. The van der Waals surface area contributed by atoms with E-state index in [0.717, 1.165) is 32.7 Å². The van der Waals surface area contributed by atoms with Crippen molar-refractivity contribution in [3.05, 3.63) is 88.4 Å². The van der Waals surface area contributed by atoms with Crippen molar-refractivity contribution in [3.8, 4) is 11.5 Å². The number of ether oxygens (including phenoxy) is 2. The zero-order chi connectivity index (χ0) is 30.1.